The third kappa shape index (κ3) is 3.98. The van der Waals surface area contributed by atoms with Gasteiger partial charge < -0.3 is 15.4 Å². The van der Waals surface area contributed by atoms with E-state index in [2.05, 4.69) is 43.5 Å². The van der Waals surface area contributed by atoms with Crippen molar-refractivity contribution >= 4 is 23.0 Å². The summed E-state index contributed by atoms with van der Waals surface area (Å²) in [6.45, 7) is 6.20. The van der Waals surface area contributed by atoms with Crippen LogP contribution in [0.4, 0.5) is 5.69 Å². The van der Waals surface area contributed by atoms with Gasteiger partial charge in [-0.05, 0) is 50.7 Å². The maximum absolute atomic E-state index is 5.44. The van der Waals surface area contributed by atoms with Gasteiger partial charge in [-0.3, -0.25) is 0 Å². The van der Waals surface area contributed by atoms with Gasteiger partial charge in [-0.1, -0.05) is 35.9 Å². The van der Waals surface area contributed by atoms with Crippen LogP contribution in [0, 0.1) is 13.8 Å². The first-order valence-electron chi connectivity index (χ1n) is 7.29. The van der Waals surface area contributed by atoms with E-state index in [1.165, 1.54) is 5.56 Å². The van der Waals surface area contributed by atoms with Crippen LogP contribution in [0.5, 0.6) is 5.75 Å². The standard InChI is InChI=1S/C18H22N2OS/c1-12-9-10-17(21-4)15(11-12)14(3)19-18(22)20-16-8-6-5-7-13(16)2/h5-11,14H,1-4H3,(H2,19,20,22)/t14-/m1/s1. The lowest BCUT2D eigenvalue weighted by atomic mass is 10.0. The molecule has 22 heavy (non-hydrogen) atoms. The van der Waals surface area contributed by atoms with Crippen LogP contribution in [0.15, 0.2) is 42.5 Å². The zero-order valence-corrected chi connectivity index (χ0v) is 14.3. The molecular formula is C18H22N2OS. The van der Waals surface area contributed by atoms with Crippen LogP contribution in [-0.4, -0.2) is 12.2 Å². The second kappa shape index (κ2) is 7.27. The molecule has 0 fully saturated rings. The zero-order valence-electron chi connectivity index (χ0n) is 13.4. The van der Waals surface area contributed by atoms with Crippen LogP contribution in [0.3, 0.4) is 0 Å². The minimum atomic E-state index is 0.0545. The number of aryl methyl sites for hydroxylation is 2. The Balaban J connectivity index is 2.09. The van der Waals surface area contributed by atoms with Crippen LogP contribution in [0.25, 0.3) is 0 Å². The molecule has 0 heterocycles. The maximum Gasteiger partial charge on any atom is 0.171 e. The first kappa shape index (κ1) is 16.3. The minimum absolute atomic E-state index is 0.0545. The van der Waals surface area contributed by atoms with Crippen molar-refractivity contribution in [3.63, 3.8) is 0 Å². The van der Waals surface area contributed by atoms with Crippen molar-refractivity contribution in [3.8, 4) is 5.75 Å². The van der Waals surface area contributed by atoms with Gasteiger partial charge in [-0.25, -0.2) is 0 Å². The molecule has 0 aliphatic carbocycles. The largest absolute Gasteiger partial charge is 0.496 e. The molecule has 1 atom stereocenters. The normalized spacial score (nSPS) is 11.6. The zero-order chi connectivity index (χ0) is 16.1. The van der Waals surface area contributed by atoms with Gasteiger partial charge in [0.1, 0.15) is 5.75 Å². The Bertz CT molecular complexity index is 670. The molecule has 0 amide bonds. The molecule has 0 saturated heterocycles. The Morgan fingerprint density at radius 3 is 2.55 bits per heavy atom. The fraction of sp³-hybridized carbons (Fsp3) is 0.278. The summed E-state index contributed by atoms with van der Waals surface area (Å²) in [7, 11) is 1.69. The topological polar surface area (TPSA) is 33.3 Å². The molecule has 116 valence electrons. The van der Waals surface area contributed by atoms with E-state index in [1.54, 1.807) is 7.11 Å². The third-order valence-corrected chi connectivity index (χ3v) is 3.81. The van der Waals surface area contributed by atoms with E-state index >= 15 is 0 Å². The van der Waals surface area contributed by atoms with Crippen molar-refractivity contribution in [1.82, 2.24) is 5.32 Å². The Kier molecular flexibility index (Phi) is 5.39. The van der Waals surface area contributed by atoms with Gasteiger partial charge in [0.25, 0.3) is 0 Å². The third-order valence-electron chi connectivity index (χ3n) is 3.59. The number of rotatable bonds is 4. The quantitative estimate of drug-likeness (QED) is 0.822. The molecule has 3 nitrogen and oxygen atoms in total. The van der Waals surface area contributed by atoms with Crippen molar-refractivity contribution in [2.45, 2.75) is 26.8 Å². The summed E-state index contributed by atoms with van der Waals surface area (Å²) in [5.74, 6) is 0.865. The maximum atomic E-state index is 5.44. The first-order valence-corrected chi connectivity index (χ1v) is 7.69. The van der Waals surface area contributed by atoms with Crippen molar-refractivity contribution in [3.05, 3.63) is 59.2 Å². The number of nitrogens with one attached hydrogen (secondary N) is 2. The molecule has 2 N–H and O–H groups in total. The average Bonchev–Trinajstić information content (AvgIpc) is 2.49. The predicted octanol–water partition coefficient (Wildman–Crippen LogP) is 4.36. The number of ether oxygens (including phenoxy) is 1. The van der Waals surface area contributed by atoms with Crippen LogP contribution in [0.2, 0.25) is 0 Å². The molecule has 2 aromatic carbocycles. The number of thiocarbonyl (C=S) groups is 1. The highest BCUT2D eigenvalue weighted by molar-refractivity contribution is 7.80. The number of benzene rings is 2. The molecule has 0 aliphatic rings. The lowest BCUT2D eigenvalue weighted by molar-refractivity contribution is 0.405. The summed E-state index contributed by atoms with van der Waals surface area (Å²) in [5, 5.41) is 7.16. The predicted molar refractivity (Wildman–Crippen MR) is 96.7 cm³/mol. The fourth-order valence-electron chi connectivity index (χ4n) is 2.34. The van der Waals surface area contributed by atoms with Crippen LogP contribution in [0.1, 0.15) is 29.7 Å². The van der Waals surface area contributed by atoms with Gasteiger partial charge in [-0.15, -0.1) is 0 Å². The van der Waals surface area contributed by atoms with E-state index < -0.39 is 0 Å². The average molecular weight is 314 g/mol. The van der Waals surface area contributed by atoms with E-state index in [-0.39, 0.29) is 6.04 Å². The molecule has 0 saturated carbocycles. The van der Waals surface area contributed by atoms with E-state index in [0.717, 1.165) is 22.6 Å². The summed E-state index contributed by atoms with van der Waals surface area (Å²) < 4.78 is 5.44. The summed E-state index contributed by atoms with van der Waals surface area (Å²) in [6.07, 6.45) is 0. The van der Waals surface area contributed by atoms with Gasteiger partial charge in [0.05, 0.1) is 13.2 Å². The highest BCUT2D eigenvalue weighted by atomic mass is 32.1. The highest BCUT2D eigenvalue weighted by Gasteiger charge is 2.13. The Morgan fingerprint density at radius 1 is 1.14 bits per heavy atom. The lowest BCUT2D eigenvalue weighted by Crippen LogP contribution is -2.31. The van der Waals surface area contributed by atoms with Crippen molar-refractivity contribution in [1.29, 1.82) is 0 Å². The van der Waals surface area contributed by atoms with Gasteiger partial charge in [0.15, 0.2) is 5.11 Å². The Labute approximate surface area is 137 Å². The molecule has 0 bridgehead atoms. The number of anilines is 1. The van der Waals surface area contributed by atoms with Gasteiger partial charge in [0, 0.05) is 11.3 Å². The molecule has 2 rings (SSSR count). The van der Waals surface area contributed by atoms with E-state index in [1.807, 2.05) is 30.3 Å². The summed E-state index contributed by atoms with van der Waals surface area (Å²) in [6, 6.07) is 14.3. The van der Waals surface area contributed by atoms with Gasteiger partial charge in [-0.2, -0.15) is 0 Å². The highest BCUT2D eigenvalue weighted by Crippen LogP contribution is 2.26. The molecule has 0 radical (unpaired) electrons. The summed E-state index contributed by atoms with van der Waals surface area (Å²) >= 11 is 5.42. The van der Waals surface area contributed by atoms with Crippen LogP contribution in [-0.2, 0) is 0 Å². The van der Waals surface area contributed by atoms with Crippen LogP contribution >= 0.6 is 12.2 Å². The summed E-state index contributed by atoms with van der Waals surface area (Å²) in [5.41, 5.74) is 4.47. The molecular weight excluding hydrogens is 292 g/mol. The fourth-order valence-corrected chi connectivity index (χ4v) is 2.62. The Morgan fingerprint density at radius 2 is 1.86 bits per heavy atom. The lowest BCUT2D eigenvalue weighted by Gasteiger charge is -2.20. The molecule has 2 aromatic rings. The minimum Gasteiger partial charge on any atom is -0.496 e. The smallest absolute Gasteiger partial charge is 0.171 e. The SMILES string of the molecule is COc1ccc(C)cc1[C@@H](C)NC(=S)Nc1ccccc1C. The molecule has 0 spiro atoms. The summed E-state index contributed by atoms with van der Waals surface area (Å²) in [4.78, 5) is 0. The second-order valence-electron chi connectivity index (χ2n) is 5.38. The van der Waals surface area contributed by atoms with E-state index in [0.29, 0.717) is 5.11 Å². The molecule has 0 unspecified atom stereocenters. The number of para-hydroxylation sites is 1. The van der Waals surface area contributed by atoms with Crippen molar-refractivity contribution in [2.75, 3.05) is 12.4 Å². The van der Waals surface area contributed by atoms with Gasteiger partial charge in [0.2, 0.25) is 0 Å². The molecule has 4 heteroatoms. The van der Waals surface area contributed by atoms with E-state index in [9.17, 15) is 0 Å². The molecule has 0 aliphatic heterocycles. The first-order chi connectivity index (χ1) is 10.5. The van der Waals surface area contributed by atoms with Crippen LogP contribution < -0.4 is 15.4 Å². The van der Waals surface area contributed by atoms with Crippen molar-refractivity contribution in [2.24, 2.45) is 0 Å². The van der Waals surface area contributed by atoms with Crippen molar-refractivity contribution < 1.29 is 4.74 Å². The van der Waals surface area contributed by atoms with Gasteiger partial charge >= 0.3 is 0 Å². The number of methoxy groups -OCH3 is 1. The Hall–Kier alpha value is -2.07. The number of hydrogen-bond donors (Lipinski definition) is 2. The molecule has 0 aromatic heterocycles. The number of hydrogen-bond acceptors (Lipinski definition) is 2. The second-order valence-corrected chi connectivity index (χ2v) is 5.79. The monoisotopic (exact) mass is 314 g/mol. The van der Waals surface area contributed by atoms with E-state index in [4.69, 9.17) is 17.0 Å².